The van der Waals surface area contributed by atoms with Gasteiger partial charge < -0.3 is 0 Å². The van der Waals surface area contributed by atoms with Crippen LogP contribution in [0.2, 0.25) is 5.02 Å². The normalized spacial score (nSPS) is 12.8. The quantitative estimate of drug-likeness (QED) is 0.909. The molecule has 0 fully saturated rings. The predicted molar refractivity (Wildman–Crippen MR) is 67.0 cm³/mol. The topological polar surface area (TPSA) is 46.2 Å². The fourth-order valence-corrected chi connectivity index (χ4v) is 3.07. The van der Waals surface area contributed by atoms with Gasteiger partial charge in [-0.25, -0.2) is 13.1 Å². The standard InChI is InChI=1S/C11H16ClNO2S/c1-11(2,3)13-16(14,15)8-9-4-6-10(12)7-5-9/h4-7,13H,8H2,1-3H3. The van der Waals surface area contributed by atoms with E-state index in [-0.39, 0.29) is 5.75 Å². The molecule has 0 aliphatic carbocycles. The average molecular weight is 262 g/mol. The van der Waals surface area contributed by atoms with Gasteiger partial charge in [0.05, 0.1) is 5.75 Å². The average Bonchev–Trinajstić information content (AvgIpc) is 2.04. The van der Waals surface area contributed by atoms with Crippen LogP contribution in [0.1, 0.15) is 26.3 Å². The third-order valence-electron chi connectivity index (χ3n) is 1.73. The summed E-state index contributed by atoms with van der Waals surface area (Å²) in [5.41, 5.74) is 0.270. The minimum absolute atomic E-state index is 0.0264. The maximum Gasteiger partial charge on any atom is 0.216 e. The van der Waals surface area contributed by atoms with E-state index in [1.807, 2.05) is 20.8 Å². The Kier molecular flexibility index (Phi) is 3.99. The molecule has 1 rings (SSSR count). The highest BCUT2D eigenvalue weighted by molar-refractivity contribution is 7.88. The molecule has 0 saturated heterocycles. The minimum Gasteiger partial charge on any atom is -0.212 e. The lowest BCUT2D eigenvalue weighted by Crippen LogP contribution is -2.41. The lowest BCUT2D eigenvalue weighted by atomic mass is 10.1. The molecule has 0 atom stereocenters. The summed E-state index contributed by atoms with van der Waals surface area (Å²) in [6, 6.07) is 6.79. The van der Waals surface area contributed by atoms with Gasteiger partial charge in [-0.1, -0.05) is 23.7 Å². The van der Waals surface area contributed by atoms with Crippen molar-refractivity contribution in [1.29, 1.82) is 0 Å². The van der Waals surface area contributed by atoms with Gasteiger partial charge in [0.2, 0.25) is 10.0 Å². The molecule has 0 amide bonds. The summed E-state index contributed by atoms with van der Waals surface area (Å²) in [5, 5.41) is 0.602. The Morgan fingerprint density at radius 3 is 2.12 bits per heavy atom. The second-order valence-corrected chi connectivity index (χ2v) is 6.90. The van der Waals surface area contributed by atoms with Gasteiger partial charge in [-0.05, 0) is 38.5 Å². The van der Waals surface area contributed by atoms with Crippen LogP contribution in [0.3, 0.4) is 0 Å². The van der Waals surface area contributed by atoms with Gasteiger partial charge >= 0.3 is 0 Å². The first-order chi connectivity index (χ1) is 7.18. The Balaban J connectivity index is 2.77. The molecule has 1 aromatic carbocycles. The van der Waals surface area contributed by atoms with E-state index < -0.39 is 15.6 Å². The number of nitrogens with one attached hydrogen (secondary N) is 1. The zero-order valence-corrected chi connectivity index (χ0v) is 11.2. The smallest absolute Gasteiger partial charge is 0.212 e. The van der Waals surface area contributed by atoms with E-state index in [1.54, 1.807) is 24.3 Å². The molecule has 0 spiro atoms. The van der Waals surface area contributed by atoms with Crippen LogP contribution >= 0.6 is 11.6 Å². The Hall–Kier alpha value is -0.580. The largest absolute Gasteiger partial charge is 0.216 e. The van der Waals surface area contributed by atoms with Gasteiger partial charge in [0.1, 0.15) is 0 Å². The highest BCUT2D eigenvalue weighted by atomic mass is 35.5. The molecule has 0 aliphatic rings. The number of hydrogen-bond donors (Lipinski definition) is 1. The summed E-state index contributed by atoms with van der Waals surface area (Å²) < 4.78 is 26.1. The van der Waals surface area contributed by atoms with Crippen molar-refractivity contribution in [2.45, 2.75) is 32.1 Å². The third kappa shape index (κ3) is 4.96. The van der Waals surface area contributed by atoms with E-state index in [4.69, 9.17) is 11.6 Å². The second-order valence-electron chi connectivity index (χ2n) is 4.74. The number of rotatable bonds is 3. The zero-order valence-electron chi connectivity index (χ0n) is 9.62. The molecule has 0 aromatic heterocycles. The number of benzene rings is 1. The molecule has 0 radical (unpaired) electrons. The van der Waals surface area contributed by atoms with Crippen LogP contribution < -0.4 is 4.72 Å². The molecule has 0 unspecified atom stereocenters. The first-order valence-electron chi connectivity index (χ1n) is 4.94. The van der Waals surface area contributed by atoms with E-state index in [0.29, 0.717) is 5.02 Å². The highest BCUT2D eigenvalue weighted by Gasteiger charge is 2.19. The lowest BCUT2D eigenvalue weighted by Gasteiger charge is -2.20. The fraction of sp³-hybridized carbons (Fsp3) is 0.455. The zero-order chi connectivity index (χ0) is 12.4. The Morgan fingerprint density at radius 1 is 1.19 bits per heavy atom. The molecule has 1 aromatic rings. The SMILES string of the molecule is CC(C)(C)NS(=O)(=O)Cc1ccc(Cl)cc1. The first kappa shape index (κ1) is 13.5. The fourth-order valence-electron chi connectivity index (χ4n) is 1.30. The molecule has 16 heavy (non-hydrogen) atoms. The lowest BCUT2D eigenvalue weighted by molar-refractivity contribution is 0.491. The molecule has 0 heterocycles. The Bertz CT molecular complexity index is 446. The summed E-state index contributed by atoms with van der Waals surface area (Å²) in [6.45, 7) is 5.44. The molecule has 1 N–H and O–H groups in total. The van der Waals surface area contributed by atoms with Crippen molar-refractivity contribution in [2.24, 2.45) is 0 Å². The van der Waals surface area contributed by atoms with Gasteiger partial charge in [0.15, 0.2) is 0 Å². The molecule has 0 aliphatic heterocycles. The van der Waals surface area contributed by atoms with E-state index in [2.05, 4.69) is 4.72 Å². The van der Waals surface area contributed by atoms with E-state index in [1.165, 1.54) is 0 Å². The first-order valence-corrected chi connectivity index (χ1v) is 6.97. The van der Waals surface area contributed by atoms with Crippen LogP contribution in [0, 0.1) is 0 Å². The van der Waals surface area contributed by atoms with Gasteiger partial charge in [-0.15, -0.1) is 0 Å². The van der Waals surface area contributed by atoms with Crippen LogP contribution in [0.4, 0.5) is 0 Å². The molecule has 5 heteroatoms. The second kappa shape index (κ2) is 4.73. The van der Waals surface area contributed by atoms with E-state index in [9.17, 15) is 8.42 Å². The summed E-state index contributed by atoms with van der Waals surface area (Å²) in [4.78, 5) is 0. The third-order valence-corrected chi connectivity index (χ3v) is 3.62. The minimum atomic E-state index is -3.30. The summed E-state index contributed by atoms with van der Waals surface area (Å²) in [5.74, 6) is -0.0264. The number of hydrogen-bond acceptors (Lipinski definition) is 2. The van der Waals surface area contributed by atoms with Crippen LogP contribution in [0.25, 0.3) is 0 Å². The molecular formula is C11H16ClNO2S. The van der Waals surface area contributed by atoms with Crippen LogP contribution in [0.15, 0.2) is 24.3 Å². The maximum absolute atomic E-state index is 11.8. The van der Waals surface area contributed by atoms with Crippen LogP contribution in [-0.4, -0.2) is 14.0 Å². The molecule has 0 bridgehead atoms. The Morgan fingerprint density at radius 2 is 1.69 bits per heavy atom. The highest BCUT2D eigenvalue weighted by Crippen LogP contribution is 2.13. The van der Waals surface area contributed by atoms with Gasteiger partial charge in [0, 0.05) is 10.6 Å². The van der Waals surface area contributed by atoms with Crippen molar-refractivity contribution in [2.75, 3.05) is 0 Å². The maximum atomic E-state index is 11.8. The Labute approximate surface area is 102 Å². The number of sulfonamides is 1. The molecule has 0 saturated carbocycles. The van der Waals surface area contributed by atoms with Gasteiger partial charge in [0.25, 0.3) is 0 Å². The van der Waals surface area contributed by atoms with Crippen molar-refractivity contribution in [3.8, 4) is 0 Å². The molecule has 3 nitrogen and oxygen atoms in total. The molecule has 90 valence electrons. The van der Waals surface area contributed by atoms with Crippen molar-refractivity contribution < 1.29 is 8.42 Å². The predicted octanol–water partition coefficient (Wildman–Crippen LogP) is 2.56. The summed E-state index contributed by atoms with van der Waals surface area (Å²) in [6.07, 6.45) is 0. The van der Waals surface area contributed by atoms with Crippen molar-refractivity contribution in [1.82, 2.24) is 4.72 Å². The van der Waals surface area contributed by atoms with Crippen LogP contribution in [-0.2, 0) is 15.8 Å². The van der Waals surface area contributed by atoms with Crippen LogP contribution in [0.5, 0.6) is 0 Å². The van der Waals surface area contributed by atoms with Crippen molar-refractivity contribution >= 4 is 21.6 Å². The number of halogens is 1. The van der Waals surface area contributed by atoms with E-state index >= 15 is 0 Å². The van der Waals surface area contributed by atoms with E-state index in [0.717, 1.165) is 5.56 Å². The van der Waals surface area contributed by atoms with Crippen molar-refractivity contribution in [3.05, 3.63) is 34.9 Å². The van der Waals surface area contributed by atoms with Gasteiger partial charge in [-0.2, -0.15) is 0 Å². The van der Waals surface area contributed by atoms with Gasteiger partial charge in [-0.3, -0.25) is 0 Å². The summed E-state index contributed by atoms with van der Waals surface area (Å²) in [7, 11) is -3.30. The van der Waals surface area contributed by atoms with Crippen molar-refractivity contribution in [3.63, 3.8) is 0 Å². The summed E-state index contributed by atoms with van der Waals surface area (Å²) >= 11 is 5.72. The molecular weight excluding hydrogens is 246 g/mol. The monoisotopic (exact) mass is 261 g/mol.